The van der Waals surface area contributed by atoms with E-state index in [9.17, 15) is 5.11 Å². The van der Waals surface area contributed by atoms with Gasteiger partial charge in [0.05, 0.1) is 5.60 Å². The van der Waals surface area contributed by atoms with Crippen LogP contribution in [0.1, 0.15) is 57.6 Å². The summed E-state index contributed by atoms with van der Waals surface area (Å²) in [6.45, 7) is 7.40. The van der Waals surface area contributed by atoms with Gasteiger partial charge in [0, 0.05) is 30.7 Å². The van der Waals surface area contributed by atoms with Crippen molar-refractivity contribution >= 4 is 5.69 Å². The van der Waals surface area contributed by atoms with Crippen LogP contribution >= 0.6 is 0 Å². The summed E-state index contributed by atoms with van der Waals surface area (Å²) in [6, 6.07) is 9.29. The number of benzene rings is 1. The highest BCUT2D eigenvalue weighted by atomic mass is 16.3. The van der Waals surface area contributed by atoms with Gasteiger partial charge in [-0.25, -0.2) is 0 Å². The molecule has 3 rings (SSSR count). The maximum atomic E-state index is 11.0. The number of piperidine rings is 1. The van der Waals surface area contributed by atoms with E-state index in [1.165, 1.54) is 24.1 Å². The zero-order valence-corrected chi connectivity index (χ0v) is 14.0. The Morgan fingerprint density at radius 3 is 2.55 bits per heavy atom. The van der Waals surface area contributed by atoms with Gasteiger partial charge in [0.25, 0.3) is 0 Å². The monoisotopic (exact) mass is 302 g/mol. The summed E-state index contributed by atoms with van der Waals surface area (Å²) in [4.78, 5) is 2.37. The Hall–Kier alpha value is -1.06. The van der Waals surface area contributed by atoms with E-state index < -0.39 is 5.60 Å². The molecule has 1 heterocycles. The number of nitrogens with one attached hydrogen (secondary N) is 1. The molecular weight excluding hydrogens is 272 g/mol. The summed E-state index contributed by atoms with van der Waals surface area (Å²) in [5.74, 6) is 0.370. The Morgan fingerprint density at radius 1 is 1.14 bits per heavy atom. The van der Waals surface area contributed by atoms with E-state index in [0.29, 0.717) is 12.0 Å². The first-order valence-electron chi connectivity index (χ1n) is 8.98. The minimum Gasteiger partial charge on any atom is -0.389 e. The fraction of sp³-hybridized carbons (Fsp3) is 0.684. The molecule has 0 bridgehead atoms. The largest absolute Gasteiger partial charge is 0.389 e. The van der Waals surface area contributed by atoms with Crippen molar-refractivity contribution in [3.63, 3.8) is 0 Å². The van der Waals surface area contributed by atoms with Gasteiger partial charge in [-0.3, -0.25) is 0 Å². The zero-order valence-electron chi connectivity index (χ0n) is 14.0. The average Bonchev–Trinajstić information content (AvgIpc) is 2.55. The maximum Gasteiger partial charge on any atom is 0.0706 e. The first-order chi connectivity index (χ1) is 10.7. The highest BCUT2D eigenvalue weighted by molar-refractivity contribution is 5.48. The van der Waals surface area contributed by atoms with Gasteiger partial charge in [0.1, 0.15) is 0 Å². The van der Waals surface area contributed by atoms with Gasteiger partial charge >= 0.3 is 0 Å². The highest BCUT2D eigenvalue weighted by Crippen LogP contribution is 2.45. The van der Waals surface area contributed by atoms with E-state index in [-0.39, 0.29) is 0 Å². The molecule has 3 nitrogen and oxygen atoms in total. The molecule has 0 spiro atoms. The summed E-state index contributed by atoms with van der Waals surface area (Å²) in [7, 11) is 0. The van der Waals surface area contributed by atoms with Crippen LogP contribution in [0, 0.1) is 5.92 Å². The predicted octanol–water partition coefficient (Wildman–Crippen LogP) is 3.49. The highest BCUT2D eigenvalue weighted by Gasteiger charge is 2.45. The van der Waals surface area contributed by atoms with E-state index in [1.54, 1.807) is 0 Å². The lowest BCUT2D eigenvalue weighted by molar-refractivity contribution is -0.0861. The van der Waals surface area contributed by atoms with Gasteiger partial charge in [0.2, 0.25) is 0 Å². The van der Waals surface area contributed by atoms with Crippen molar-refractivity contribution in [1.82, 2.24) is 5.32 Å². The molecule has 22 heavy (non-hydrogen) atoms. The van der Waals surface area contributed by atoms with Crippen molar-refractivity contribution in [3.8, 4) is 0 Å². The van der Waals surface area contributed by atoms with Crippen molar-refractivity contribution in [2.75, 3.05) is 24.5 Å². The van der Waals surface area contributed by atoms with Crippen LogP contribution in [0.15, 0.2) is 24.3 Å². The summed E-state index contributed by atoms with van der Waals surface area (Å²) in [5.41, 5.74) is 2.19. The van der Waals surface area contributed by atoms with Crippen LogP contribution < -0.4 is 10.2 Å². The van der Waals surface area contributed by atoms with Crippen molar-refractivity contribution < 1.29 is 5.11 Å². The van der Waals surface area contributed by atoms with Gasteiger partial charge in [-0.1, -0.05) is 25.0 Å². The number of fused-ring (bicyclic) bond motifs is 1. The minimum absolute atomic E-state index is 0.310. The number of anilines is 1. The fourth-order valence-electron chi connectivity index (χ4n) is 4.45. The summed E-state index contributed by atoms with van der Waals surface area (Å²) in [5, 5.41) is 14.7. The first kappa shape index (κ1) is 15.8. The van der Waals surface area contributed by atoms with E-state index in [1.807, 2.05) is 0 Å². The lowest BCUT2D eigenvalue weighted by atomic mass is 9.67. The molecule has 0 unspecified atom stereocenters. The van der Waals surface area contributed by atoms with Crippen LogP contribution in [0.2, 0.25) is 0 Å². The molecule has 1 saturated heterocycles. The maximum absolute atomic E-state index is 11.0. The van der Waals surface area contributed by atoms with Crippen molar-refractivity contribution in [2.24, 2.45) is 5.92 Å². The van der Waals surface area contributed by atoms with E-state index >= 15 is 0 Å². The normalized spacial score (nSPS) is 31.6. The molecule has 2 N–H and O–H groups in total. The molecule has 2 fully saturated rings. The predicted molar refractivity (Wildman–Crippen MR) is 92.3 cm³/mol. The molecule has 0 radical (unpaired) electrons. The van der Waals surface area contributed by atoms with E-state index in [2.05, 4.69) is 48.3 Å². The molecular formula is C19H30N2O. The average molecular weight is 302 g/mol. The second-order valence-electron chi connectivity index (χ2n) is 6.90. The van der Waals surface area contributed by atoms with Crippen LogP contribution in [0.3, 0.4) is 0 Å². The Morgan fingerprint density at radius 2 is 1.86 bits per heavy atom. The van der Waals surface area contributed by atoms with Gasteiger partial charge in [-0.15, -0.1) is 0 Å². The van der Waals surface area contributed by atoms with Crippen LogP contribution in [0.5, 0.6) is 0 Å². The number of hydrogen-bond acceptors (Lipinski definition) is 3. The van der Waals surface area contributed by atoms with Gasteiger partial charge in [-0.05, 0) is 57.4 Å². The molecule has 1 aromatic rings. The lowest BCUT2D eigenvalue weighted by Crippen LogP contribution is -2.53. The van der Waals surface area contributed by atoms with Crippen LogP contribution in [-0.2, 0) is 0 Å². The third-order valence-corrected chi connectivity index (χ3v) is 5.77. The molecule has 1 aliphatic carbocycles. The minimum atomic E-state index is -0.439. The standard InChI is InChI=1S/C19H30N2O/c1-3-21(4-2)16-10-8-15(9-11-16)18-17-7-5-6-12-19(17,22)13-14-20-18/h8-11,17-18,20,22H,3-7,12-14H2,1-2H3/t17-,18-,19+/m0/s1. The molecule has 1 saturated carbocycles. The molecule has 0 amide bonds. The van der Waals surface area contributed by atoms with Gasteiger partial charge in [0.15, 0.2) is 0 Å². The summed E-state index contributed by atoms with van der Waals surface area (Å²) in [6.07, 6.45) is 5.47. The Kier molecular flexibility index (Phi) is 4.74. The Bertz CT molecular complexity index is 479. The van der Waals surface area contributed by atoms with Crippen LogP contribution in [0.25, 0.3) is 0 Å². The molecule has 3 atom stereocenters. The SMILES string of the molecule is CCN(CC)c1ccc([C@@H]2NCC[C@]3(O)CCCC[C@@H]23)cc1. The number of nitrogens with zero attached hydrogens (tertiary/aromatic N) is 1. The smallest absolute Gasteiger partial charge is 0.0706 e. The topological polar surface area (TPSA) is 35.5 Å². The van der Waals surface area contributed by atoms with E-state index in [0.717, 1.165) is 38.9 Å². The molecule has 122 valence electrons. The van der Waals surface area contributed by atoms with Gasteiger partial charge in [-0.2, -0.15) is 0 Å². The molecule has 1 aliphatic heterocycles. The first-order valence-corrected chi connectivity index (χ1v) is 8.98. The van der Waals surface area contributed by atoms with Gasteiger partial charge < -0.3 is 15.3 Å². The van der Waals surface area contributed by atoms with Crippen molar-refractivity contribution in [3.05, 3.63) is 29.8 Å². The van der Waals surface area contributed by atoms with Crippen LogP contribution in [-0.4, -0.2) is 30.3 Å². The molecule has 2 aliphatic rings. The van der Waals surface area contributed by atoms with E-state index in [4.69, 9.17) is 0 Å². The zero-order chi connectivity index (χ0) is 15.6. The second-order valence-corrected chi connectivity index (χ2v) is 6.90. The Labute approximate surface area is 134 Å². The quantitative estimate of drug-likeness (QED) is 0.893. The fourth-order valence-corrected chi connectivity index (χ4v) is 4.45. The van der Waals surface area contributed by atoms with Crippen LogP contribution in [0.4, 0.5) is 5.69 Å². The summed E-state index contributed by atoms with van der Waals surface area (Å²) >= 11 is 0. The van der Waals surface area contributed by atoms with Crippen molar-refractivity contribution in [2.45, 2.75) is 57.6 Å². The number of aliphatic hydroxyl groups is 1. The number of rotatable bonds is 4. The Balaban J connectivity index is 1.80. The number of hydrogen-bond donors (Lipinski definition) is 2. The van der Waals surface area contributed by atoms with Crippen molar-refractivity contribution in [1.29, 1.82) is 0 Å². The molecule has 0 aromatic heterocycles. The summed E-state index contributed by atoms with van der Waals surface area (Å²) < 4.78 is 0. The third-order valence-electron chi connectivity index (χ3n) is 5.77. The third kappa shape index (κ3) is 2.89. The lowest BCUT2D eigenvalue weighted by Gasteiger charge is -2.48. The second kappa shape index (κ2) is 6.59. The molecule has 3 heteroatoms. The molecule has 1 aromatic carbocycles.